The highest BCUT2D eigenvalue weighted by atomic mass is 32.2. The minimum atomic E-state index is 0.474. The van der Waals surface area contributed by atoms with Crippen LogP contribution in [0.5, 0.6) is 0 Å². The van der Waals surface area contributed by atoms with E-state index in [1.807, 2.05) is 0 Å². The largest absolute Gasteiger partial charge is 0.312 e. The third-order valence-electron chi connectivity index (χ3n) is 3.65. The number of rotatable bonds is 5. The summed E-state index contributed by atoms with van der Waals surface area (Å²) in [5.74, 6) is 0. The molecule has 0 aliphatic heterocycles. The normalized spacial score (nSPS) is 20.4. The van der Waals surface area contributed by atoms with Gasteiger partial charge in [-0.15, -0.1) is 0 Å². The molecule has 1 aromatic rings. The molecule has 0 radical (unpaired) electrons. The molecular formula is C15H23NS. The fourth-order valence-electron chi connectivity index (χ4n) is 2.74. The van der Waals surface area contributed by atoms with Gasteiger partial charge in [0.05, 0.1) is 0 Å². The van der Waals surface area contributed by atoms with Gasteiger partial charge in [0.15, 0.2) is 0 Å². The molecule has 2 atom stereocenters. The first-order valence-corrected chi connectivity index (χ1v) is 7.63. The number of benzene rings is 1. The van der Waals surface area contributed by atoms with E-state index >= 15 is 0 Å². The summed E-state index contributed by atoms with van der Waals surface area (Å²) in [7, 11) is 2.07. The second-order valence-corrected chi connectivity index (χ2v) is 6.61. The lowest BCUT2D eigenvalue weighted by atomic mass is 10.0. The molecule has 1 aromatic carbocycles. The van der Waals surface area contributed by atoms with Crippen molar-refractivity contribution in [2.24, 2.45) is 0 Å². The summed E-state index contributed by atoms with van der Waals surface area (Å²) in [5, 5.41) is 5.01. The van der Waals surface area contributed by atoms with E-state index in [2.05, 4.69) is 61.4 Å². The standard InChI is InChI=1S/C15H23NS/c1-12(17-14-10-6-7-11-14)15(16-2)13-8-4-3-5-9-13/h3-5,8-9,12,14-16H,6-7,10-11H2,1-2H3. The molecule has 0 amide bonds. The van der Waals surface area contributed by atoms with E-state index in [1.165, 1.54) is 31.2 Å². The van der Waals surface area contributed by atoms with Crippen LogP contribution in [0.25, 0.3) is 0 Å². The lowest BCUT2D eigenvalue weighted by Gasteiger charge is -2.26. The van der Waals surface area contributed by atoms with Gasteiger partial charge in [0, 0.05) is 16.5 Å². The molecule has 2 rings (SSSR count). The Morgan fingerprint density at radius 1 is 1.18 bits per heavy atom. The van der Waals surface area contributed by atoms with E-state index in [1.54, 1.807) is 0 Å². The van der Waals surface area contributed by atoms with Gasteiger partial charge in [0.1, 0.15) is 0 Å². The second-order valence-electron chi connectivity index (χ2n) is 4.92. The van der Waals surface area contributed by atoms with Crippen molar-refractivity contribution in [1.29, 1.82) is 0 Å². The van der Waals surface area contributed by atoms with Crippen LogP contribution < -0.4 is 5.32 Å². The van der Waals surface area contributed by atoms with Gasteiger partial charge in [0.2, 0.25) is 0 Å². The van der Waals surface area contributed by atoms with Gasteiger partial charge in [-0.2, -0.15) is 11.8 Å². The highest BCUT2D eigenvalue weighted by Gasteiger charge is 2.23. The Morgan fingerprint density at radius 2 is 1.82 bits per heavy atom. The maximum Gasteiger partial charge on any atom is 0.0435 e. The van der Waals surface area contributed by atoms with Crippen LogP contribution in [0.15, 0.2) is 30.3 Å². The topological polar surface area (TPSA) is 12.0 Å². The van der Waals surface area contributed by atoms with Gasteiger partial charge >= 0.3 is 0 Å². The average molecular weight is 249 g/mol. The summed E-state index contributed by atoms with van der Waals surface area (Å²) in [5.41, 5.74) is 1.41. The molecule has 0 spiro atoms. The molecule has 1 aliphatic carbocycles. The lowest BCUT2D eigenvalue weighted by molar-refractivity contribution is 0.587. The summed E-state index contributed by atoms with van der Waals surface area (Å²) in [6.45, 7) is 2.36. The van der Waals surface area contributed by atoms with Crippen molar-refractivity contribution in [3.05, 3.63) is 35.9 Å². The minimum Gasteiger partial charge on any atom is -0.312 e. The quantitative estimate of drug-likeness (QED) is 0.846. The molecule has 0 heterocycles. The van der Waals surface area contributed by atoms with E-state index in [0.717, 1.165) is 5.25 Å². The number of hydrogen-bond acceptors (Lipinski definition) is 2. The molecule has 1 fully saturated rings. The Bertz CT molecular complexity index is 319. The predicted molar refractivity (Wildman–Crippen MR) is 77.6 cm³/mol. The Morgan fingerprint density at radius 3 is 2.41 bits per heavy atom. The zero-order chi connectivity index (χ0) is 12.1. The van der Waals surface area contributed by atoms with Crippen LogP contribution in [0.4, 0.5) is 0 Å². The summed E-state index contributed by atoms with van der Waals surface area (Å²) in [4.78, 5) is 0. The summed E-state index contributed by atoms with van der Waals surface area (Å²) in [6.07, 6.45) is 5.69. The van der Waals surface area contributed by atoms with Crippen molar-refractivity contribution in [3.8, 4) is 0 Å². The molecule has 1 nitrogen and oxygen atoms in total. The highest BCUT2D eigenvalue weighted by Crippen LogP contribution is 2.36. The average Bonchev–Trinajstić information content (AvgIpc) is 2.84. The molecule has 1 saturated carbocycles. The predicted octanol–water partition coefficient (Wildman–Crippen LogP) is 4.01. The van der Waals surface area contributed by atoms with Crippen LogP contribution in [0.1, 0.15) is 44.2 Å². The number of hydrogen-bond donors (Lipinski definition) is 1. The summed E-state index contributed by atoms with van der Waals surface area (Å²) in [6, 6.07) is 11.3. The maximum absolute atomic E-state index is 3.47. The van der Waals surface area contributed by atoms with E-state index in [-0.39, 0.29) is 0 Å². The molecule has 0 aromatic heterocycles. The van der Waals surface area contributed by atoms with Crippen molar-refractivity contribution >= 4 is 11.8 Å². The third-order valence-corrected chi connectivity index (χ3v) is 5.21. The third kappa shape index (κ3) is 3.49. The van der Waals surface area contributed by atoms with Crippen LogP contribution in [0.3, 0.4) is 0 Å². The van der Waals surface area contributed by atoms with E-state index in [4.69, 9.17) is 0 Å². The van der Waals surface area contributed by atoms with Gasteiger partial charge in [-0.05, 0) is 25.5 Å². The molecule has 2 heteroatoms. The van der Waals surface area contributed by atoms with E-state index in [9.17, 15) is 0 Å². The van der Waals surface area contributed by atoms with Gasteiger partial charge in [-0.3, -0.25) is 0 Å². The molecule has 94 valence electrons. The fourth-order valence-corrected chi connectivity index (χ4v) is 4.40. The Hall–Kier alpha value is -0.470. The van der Waals surface area contributed by atoms with Crippen molar-refractivity contribution in [1.82, 2.24) is 5.32 Å². The van der Waals surface area contributed by atoms with E-state index < -0.39 is 0 Å². The van der Waals surface area contributed by atoms with Gasteiger partial charge in [0.25, 0.3) is 0 Å². The smallest absolute Gasteiger partial charge is 0.0435 e. The lowest BCUT2D eigenvalue weighted by Crippen LogP contribution is -2.26. The van der Waals surface area contributed by atoms with Gasteiger partial charge in [-0.1, -0.05) is 50.1 Å². The zero-order valence-corrected chi connectivity index (χ0v) is 11.7. The molecule has 0 saturated heterocycles. The minimum absolute atomic E-state index is 0.474. The maximum atomic E-state index is 3.47. The van der Waals surface area contributed by atoms with Crippen LogP contribution >= 0.6 is 11.8 Å². The monoisotopic (exact) mass is 249 g/mol. The molecule has 0 bridgehead atoms. The zero-order valence-electron chi connectivity index (χ0n) is 10.9. The van der Waals surface area contributed by atoms with Crippen LogP contribution in [0, 0.1) is 0 Å². The first kappa shape index (κ1) is 13.0. The van der Waals surface area contributed by atoms with Crippen LogP contribution in [-0.2, 0) is 0 Å². The molecule has 1 N–H and O–H groups in total. The molecule has 2 unspecified atom stereocenters. The van der Waals surface area contributed by atoms with Crippen molar-refractivity contribution < 1.29 is 0 Å². The van der Waals surface area contributed by atoms with Gasteiger partial charge in [-0.25, -0.2) is 0 Å². The Labute approximate surface area is 109 Å². The second kappa shape index (κ2) is 6.46. The number of nitrogens with one attached hydrogen (secondary N) is 1. The van der Waals surface area contributed by atoms with Crippen LogP contribution in [0.2, 0.25) is 0 Å². The van der Waals surface area contributed by atoms with Gasteiger partial charge < -0.3 is 5.32 Å². The van der Waals surface area contributed by atoms with Crippen LogP contribution in [-0.4, -0.2) is 17.5 Å². The Kier molecular flexibility index (Phi) is 4.93. The van der Waals surface area contributed by atoms with Crippen molar-refractivity contribution in [2.45, 2.75) is 49.1 Å². The SMILES string of the molecule is CNC(c1ccccc1)C(C)SC1CCCC1. The van der Waals surface area contributed by atoms with Crippen molar-refractivity contribution in [2.75, 3.05) is 7.05 Å². The van der Waals surface area contributed by atoms with Crippen molar-refractivity contribution in [3.63, 3.8) is 0 Å². The molecular weight excluding hydrogens is 226 g/mol. The highest BCUT2D eigenvalue weighted by molar-refractivity contribution is 8.00. The van der Waals surface area contributed by atoms with E-state index in [0.29, 0.717) is 11.3 Å². The fraction of sp³-hybridized carbons (Fsp3) is 0.600. The first-order chi connectivity index (χ1) is 8.31. The first-order valence-electron chi connectivity index (χ1n) is 6.69. The molecule has 17 heavy (non-hydrogen) atoms. The molecule has 1 aliphatic rings. The Balaban J connectivity index is 1.97. The summed E-state index contributed by atoms with van der Waals surface area (Å²) >= 11 is 2.17. The number of thioether (sulfide) groups is 1. The summed E-state index contributed by atoms with van der Waals surface area (Å²) < 4.78 is 0.